The minimum Gasteiger partial charge on any atom is -0.211 e. The van der Waals surface area contributed by atoms with Crippen LogP contribution in [0.1, 0.15) is 38.5 Å². The van der Waals surface area contributed by atoms with Gasteiger partial charge in [0.25, 0.3) is 0 Å². The van der Waals surface area contributed by atoms with E-state index in [1.807, 2.05) is 0 Å². The van der Waals surface area contributed by atoms with Gasteiger partial charge < -0.3 is 0 Å². The molecule has 2 fully saturated rings. The van der Waals surface area contributed by atoms with Gasteiger partial charge in [0, 0.05) is 0 Å². The van der Waals surface area contributed by atoms with Crippen LogP contribution in [0, 0.1) is 17.3 Å². The highest BCUT2D eigenvalue weighted by molar-refractivity contribution is 5.33. The van der Waals surface area contributed by atoms with Crippen LogP contribution in [-0.2, 0) is 9.59 Å². The van der Waals surface area contributed by atoms with Gasteiger partial charge in [-0.2, -0.15) is 0 Å². The number of aliphatic imine (C=N–C) groups is 2. The third-order valence-electron chi connectivity index (χ3n) is 4.67. The molecule has 3 atom stereocenters. The third kappa shape index (κ3) is 2.54. The van der Waals surface area contributed by atoms with Gasteiger partial charge in [0.2, 0.25) is 12.2 Å². The molecule has 0 aliphatic heterocycles. The Kier molecular flexibility index (Phi) is 3.88. The van der Waals surface area contributed by atoms with E-state index in [-0.39, 0.29) is 0 Å². The molecule has 0 aromatic rings. The summed E-state index contributed by atoms with van der Waals surface area (Å²) < 4.78 is 0. The van der Waals surface area contributed by atoms with Crippen molar-refractivity contribution in [1.82, 2.24) is 0 Å². The van der Waals surface area contributed by atoms with Crippen LogP contribution in [0.2, 0.25) is 0 Å². The predicted octanol–water partition coefficient (Wildman–Crippen LogP) is 2.24. The lowest BCUT2D eigenvalue weighted by Gasteiger charge is -2.34. The summed E-state index contributed by atoms with van der Waals surface area (Å²) in [6, 6.07) is 0. The van der Waals surface area contributed by atoms with E-state index in [1.54, 1.807) is 12.2 Å². The Morgan fingerprint density at radius 3 is 2.65 bits per heavy atom. The van der Waals surface area contributed by atoms with E-state index in [0.29, 0.717) is 24.4 Å². The zero-order chi connectivity index (χ0) is 12.1. The second-order valence-electron chi connectivity index (χ2n) is 5.39. The molecule has 2 aliphatic carbocycles. The molecule has 3 unspecified atom stereocenters. The monoisotopic (exact) mass is 234 g/mol. The molecular formula is C13H18N2O2. The van der Waals surface area contributed by atoms with Gasteiger partial charge in [0.1, 0.15) is 0 Å². The number of fused-ring (bicyclic) bond motifs is 2. The summed E-state index contributed by atoms with van der Waals surface area (Å²) in [4.78, 5) is 27.5. The summed E-state index contributed by atoms with van der Waals surface area (Å²) in [5.74, 6) is 1.50. The quantitative estimate of drug-likeness (QED) is 0.522. The lowest BCUT2D eigenvalue weighted by atomic mass is 9.71. The van der Waals surface area contributed by atoms with E-state index in [0.717, 1.165) is 18.8 Å². The van der Waals surface area contributed by atoms with E-state index in [1.165, 1.54) is 25.7 Å². The minimum atomic E-state index is 0.365. The van der Waals surface area contributed by atoms with Gasteiger partial charge >= 0.3 is 0 Å². The fourth-order valence-corrected chi connectivity index (χ4v) is 3.94. The first-order valence-corrected chi connectivity index (χ1v) is 6.38. The molecule has 92 valence electrons. The highest BCUT2D eigenvalue weighted by atomic mass is 16.1. The van der Waals surface area contributed by atoms with Crippen molar-refractivity contribution in [3.8, 4) is 0 Å². The molecule has 0 aromatic heterocycles. The molecule has 0 heterocycles. The smallest absolute Gasteiger partial charge is 0.211 e. The van der Waals surface area contributed by atoms with E-state index >= 15 is 0 Å². The molecule has 2 aliphatic rings. The van der Waals surface area contributed by atoms with Crippen LogP contribution in [0.5, 0.6) is 0 Å². The standard InChI is InChI=1S/C13H18N2O2/c16-9-14-5-2-12-7-11-1-3-13(12,8-11)4-6-15-10-17/h11-12H,1-8H2. The van der Waals surface area contributed by atoms with Crippen LogP contribution in [0.4, 0.5) is 0 Å². The molecule has 0 N–H and O–H groups in total. The maximum atomic E-state index is 10.1. The lowest BCUT2D eigenvalue weighted by molar-refractivity contribution is 0.164. The van der Waals surface area contributed by atoms with E-state index in [2.05, 4.69) is 9.98 Å². The number of carbonyl (C=O) groups excluding carboxylic acids is 2. The molecule has 2 bridgehead atoms. The maximum absolute atomic E-state index is 10.1. The van der Waals surface area contributed by atoms with Crippen molar-refractivity contribution >= 4 is 12.2 Å². The van der Waals surface area contributed by atoms with E-state index in [4.69, 9.17) is 0 Å². The number of isocyanates is 2. The summed E-state index contributed by atoms with van der Waals surface area (Å²) in [5.41, 5.74) is 0.365. The minimum absolute atomic E-state index is 0.365. The average Bonchev–Trinajstić information content (AvgIpc) is 2.87. The normalized spacial score (nSPS) is 34.1. The van der Waals surface area contributed by atoms with Gasteiger partial charge in [-0.25, -0.2) is 19.6 Å². The topological polar surface area (TPSA) is 58.9 Å². The van der Waals surface area contributed by atoms with Crippen LogP contribution in [0.15, 0.2) is 9.98 Å². The molecular weight excluding hydrogens is 216 g/mol. The largest absolute Gasteiger partial charge is 0.234 e. The third-order valence-corrected chi connectivity index (χ3v) is 4.67. The summed E-state index contributed by atoms with van der Waals surface area (Å²) in [7, 11) is 0. The Bertz CT molecular complexity index is 370. The van der Waals surface area contributed by atoms with Gasteiger partial charge in [-0.15, -0.1) is 0 Å². The number of hydrogen-bond acceptors (Lipinski definition) is 4. The van der Waals surface area contributed by atoms with Gasteiger partial charge in [-0.05, 0) is 55.8 Å². The molecule has 0 saturated heterocycles. The van der Waals surface area contributed by atoms with Crippen molar-refractivity contribution in [3.63, 3.8) is 0 Å². The van der Waals surface area contributed by atoms with Crippen molar-refractivity contribution in [2.45, 2.75) is 38.5 Å². The average molecular weight is 234 g/mol. The van der Waals surface area contributed by atoms with E-state index in [9.17, 15) is 9.59 Å². The van der Waals surface area contributed by atoms with Crippen LogP contribution < -0.4 is 0 Å². The number of rotatable bonds is 6. The second-order valence-corrected chi connectivity index (χ2v) is 5.39. The first-order valence-electron chi connectivity index (χ1n) is 6.38. The zero-order valence-corrected chi connectivity index (χ0v) is 10.0. The number of nitrogens with zero attached hydrogens (tertiary/aromatic N) is 2. The molecule has 0 amide bonds. The number of hydrogen-bond donors (Lipinski definition) is 0. The summed E-state index contributed by atoms with van der Waals surface area (Å²) in [5, 5.41) is 0. The molecule has 2 rings (SSSR count). The Hall–Kier alpha value is -1.24. The lowest BCUT2D eigenvalue weighted by Crippen LogP contribution is -2.27. The summed E-state index contributed by atoms with van der Waals surface area (Å²) >= 11 is 0. The molecule has 4 nitrogen and oxygen atoms in total. The Balaban J connectivity index is 1.95. The summed E-state index contributed by atoms with van der Waals surface area (Å²) in [6.45, 7) is 1.20. The maximum Gasteiger partial charge on any atom is 0.234 e. The Morgan fingerprint density at radius 1 is 1.18 bits per heavy atom. The highest BCUT2D eigenvalue weighted by Gasteiger charge is 2.50. The SMILES string of the molecule is O=C=NCCC1CC2CCC1(CCN=C=O)C2. The fourth-order valence-electron chi connectivity index (χ4n) is 3.94. The zero-order valence-electron chi connectivity index (χ0n) is 10.0. The Labute approximate surface area is 101 Å². The van der Waals surface area contributed by atoms with Gasteiger partial charge in [-0.1, -0.05) is 0 Å². The highest BCUT2D eigenvalue weighted by Crippen LogP contribution is 2.60. The van der Waals surface area contributed by atoms with Gasteiger partial charge in [0.05, 0.1) is 13.1 Å². The molecule has 2 saturated carbocycles. The van der Waals surface area contributed by atoms with Crippen LogP contribution in [-0.4, -0.2) is 25.2 Å². The van der Waals surface area contributed by atoms with Gasteiger partial charge in [0.15, 0.2) is 0 Å². The van der Waals surface area contributed by atoms with Crippen molar-refractivity contribution in [2.24, 2.45) is 27.2 Å². The first-order chi connectivity index (χ1) is 8.30. The van der Waals surface area contributed by atoms with Crippen LogP contribution >= 0.6 is 0 Å². The second kappa shape index (κ2) is 5.39. The molecule has 0 radical (unpaired) electrons. The molecule has 17 heavy (non-hydrogen) atoms. The van der Waals surface area contributed by atoms with Gasteiger partial charge in [-0.3, -0.25) is 0 Å². The first kappa shape index (κ1) is 12.2. The van der Waals surface area contributed by atoms with E-state index < -0.39 is 0 Å². The van der Waals surface area contributed by atoms with Crippen molar-refractivity contribution in [3.05, 3.63) is 0 Å². The fraction of sp³-hybridized carbons (Fsp3) is 0.846. The van der Waals surface area contributed by atoms with Crippen molar-refractivity contribution in [2.75, 3.05) is 13.1 Å². The predicted molar refractivity (Wildman–Crippen MR) is 63.1 cm³/mol. The Morgan fingerprint density at radius 2 is 1.94 bits per heavy atom. The van der Waals surface area contributed by atoms with Crippen LogP contribution in [0.25, 0.3) is 0 Å². The van der Waals surface area contributed by atoms with Crippen molar-refractivity contribution in [1.29, 1.82) is 0 Å². The molecule has 4 heteroatoms. The van der Waals surface area contributed by atoms with Crippen LogP contribution in [0.3, 0.4) is 0 Å². The van der Waals surface area contributed by atoms with Crippen molar-refractivity contribution < 1.29 is 9.59 Å². The molecule has 0 spiro atoms. The summed E-state index contributed by atoms with van der Waals surface area (Å²) in [6.07, 6.45) is 10.3. The molecule has 0 aromatic carbocycles.